The van der Waals surface area contributed by atoms with Crippen molar-refractivity contribution in [3.8, 4) is 0 Å². The normalized spacial score (nSPS) is 22.2. The van der Waals surface area contributed by atoms with Gasteiger partial charge in [-0.15, -0.1) is 5.10 Å². The van der Waals surface area contributed by atoms with E-state index in [9.17, 15) is 9.59 Å². The molecule has 2 aliphatic heterocycles. The summed E-state index contributed by atoms with van der Waals surface area (Å²) >= 11 is 0. The number of hydrogen-bond acceptors (Lipinski definition) is 5. The summed E-state index contributed by atoms with van der Waals surface area (Å²) in [7, 11) is 3.48. The fourth-order valence-corrected chi connectivity index (χ4v) is 3.70. The van der Waals surface area contributed by atoms with E-state index in [0.29, 0.717) is 31.5 Å². The van der Waals surface area contributed by atoms with Gasteiger partial charge in [0.05, 0.1) is 17.7 Å². The fraction of sp³-hybridized carbons (Fsp3) is 0.444. The Labute approximate surface area is 151 Å². The van der Waals surface area contributed by atoms with Crippen molar-refractivity contribution >= 4 is 17.5 Å². The highest BCUT2D eigenvalue weighted by Crippen LogP contribution is 2.30. The van der Waals surface area contributed by atoms with Crippen LogP contribution in [0.1, 0.15) is 34.0 Å². The second kappa shape index (κ2) is 6.53. The van der Waals surface area contributed by atoms with E-state index in [1.807, 2.05) is 25.4 Å². The van der Waals surface area contributed by atoms with Crippen LogP contribution in [-0.2, 0) is 23.0 Å². The quantitative estimate of drug-likeness (QED) is 0.886. The molecule has 1 aromatic heterocycles. The van der Waals surface area contributed by atoms with E-state index in [0.717, 1.165) is 16.9 Å². The highest BCUT2D eigenvalue weighted by Gasteiger charge is 2.38. The second-order valence-corrected chi connectivity index (χ2v) is 6.83. The molecule has 8 nitrogen and oxygen atoms in total. The van der Waals surface area contributed by atoms with Gasteiger partial charge >= 0.3 is 0 Å². The molecule has 1 saturated heterocycles. The molecule has 4 rings (SSSR count). The van der Waals surface area contributed by atoms with E-state index >= 15 is 0 Å². The number of likely N-dealkylation sites (tertiary alicyclic amines) is 1. The van der Waals surface area contributed by atoms with Crippen LogP contribution in [0.4, 0.5) is 5.69 Å². The van der Waals surface area contributed by atoms with E-state index in [1.165, 1.54) is 0 Å². The lowest BCUT2D eigenvalue weighted by atomic mass is 10.00. The van der Waals surface area contributed by atoms with Crippen molar-refractivity contribution in [1.29, 1.82) is 0 Å². The van der Waals surface area contributed by atoms with Gasteiger partial charge in [-0.05, 0) is 30.2 Å². The summed E-state index contributed by atoms with van der Waals surface area (Å²) < 4.78 is 7.24. The summed E-state index contributed by atoms with van der Waals surface area (Å²) in [5.74, 6) is -0.00132. The number of benzene rings is 1. The zero-order chi connectivity index (χ0) is 18.3. The molecule has 2 amide bonds. The average Bonchev–Trinajstić information content (AvgIpc) is 3.26. The largest absolute Gasteiger partial charge is 0.379 e. The Morgan fingerprint density at radius 1 is 1.31 bits per heavy atom. The lowest BCUT2D eigenvalue weighted by Gasteiger charge is -2.20. The molecule has 0 aliphatic carbocycles. The number of carbonyl (C=O) groups is 2. The highest BCUT2D eigenvalue weighted by atomic mass is 16.5. The smallest absolute Gasteiger partial charge is 0.253 e. The Morgan fingerprint density at radius 2 is 2.15 bits per heavy atom. The summed E-state index contributed by atoms with van der Waals surface area (Å²) in [6.45, 7) is 1.06. The molecule has 0 radical (unpaired) electrons. The first-order chi connectivity index (χ1) is 12.5. The first-order valence-corrected chi connectivity index (χ1v) is 8.66. The standard InChI is InChI=1S/C18H21N5O3/c1-22-9-15(20-21-22)13-8-23(10-16(13)26-2)18(25)12-3-5-14-11(7-12)4-6-17(24)19-14/h3,5,7,9,13,16H,4,6,8,10H2,1-2H3,(H,19,24)/t13-,16+/m0/s1. The number of fused-ring (bicyclic) bond motifs is 1. The van der Waals surface area contributed by atoms with Gasteiger partial charge in [-0.1, -0.05) is 5.21 Å². The minimum atomic E-state index is -0.104. The Bertz CT molecular complexity index is 862. The first-order valence-electron chi connectivity index (χ1n) is 8.66. The third-order valence-corrected chi connectivity index (χ3v) is 5.10. The van der Waals surface area contributed by atoms with Gasteiger partial charge in [0.2, 0.25) is 5.91 Å². The van der Waals surface area contributed by atoms with E-state index in [4.69, 9.17) is 4.74 Å². The number of amides is 2. The van der Waals surface area contributed by atoms with Crippen molar-refractivity contribution in [2.45, 2.75) is 24.9 Å². The molecule has 2 aromatic rings. The maximum Gasteiger partial charge on any atom is 0.253 e. The van der Waals surface area contributed by atoms with Crippen molar-refractivity contribution in [2.24, 2.45) is 7.05 Å². The van der Waals surface area contributed by atoms with Crippen LogP contribution in [0, 0.1) is 0 Å². The lowest BCUT2D eigenvalue weighted by Crippen LogP contribution is -2.30. The summed E-state index contributed by atoms with van der Waals surface area (Å²) in [4.78, 5) is 26.3. The first kappa shape index (κ1) is 16.7. The number of ether oxygens (including phenoxy) is 1. The molecule has 1 N–H and O–H groups in total. The molecule has 0 unspecified atom stereocenters. The topological polar surface area (TPSA) is 89.4 Å². The lowest BCUT2D eigenvalue weighted by molar-refractivity contribution is -0.116. The molecule has 3 heterocycles. The van der Waals surface area contributed by atoms with Crippen LogP contribution in [0.25, 0.3) is 0 Å². The van der Waals surface area contributed by atoms with E-state index < -0.39 is 0 Å². The molecule has 2 aliphatic rings. The van der Waals surface area contributed by atoms with Crippen molar-refractivity contribution in [2.75, 3.05) is 25.5 Å². The minimum Gasteiger partial charge on any atom is -0.379 e. The number of hydrogen-bond donors (Lipinski definition) is 1. The second-order valence-electron chi connectivity index (χ2n) is 6.83. The van der Waals surface area contributed by atoms with Crippen LogP contribution in [0.15, 0.2) is 24.4 Å². The van der Waals surface area contributed by atoms with Gasteiger partial charge in [-0.2, -0.15) is 0 Å². The SMILES string of the molecule is CO[C@@H]1CN(C(=O)c2ccc3c(c2)CCC(=O)N3)C[C@H]1c1cn(C)nn1. The monoisotopic (exact) mass is 355 g/mol. The van der Waals surface area contributed by atoms with Crippen LogP contribution in [-0.4, -0.2) is 58.0 Å². The van der Waals surface area contributed by atoms with Crippen LogP contribution in [0.3, 0.4) is 0 Å². The Kier molecular flexibility index (Phi) is 4.20. The number of aromatic nitrogens is 3. The van der Waals surface area contributed by atoms with Gasteiger partial charge in [-0.3, -0.25) is 14.3 Å². The number of aryl methyl sites for hydroxylation is 2. The van der Waals surface area contributed by atoms with Crippen molar-refractivity contribution in [3.63, 3.8) is 0 Å². The van der Waals surface area contributed by atoms with Crippen LogP contribution in [0.2, 0.25) is 0 Å². The Morgan fingerprint density at radius 3 is 2.88 bits per heavy atom. The highest BCUT2D eigenvalue weighted by molar-refractivity contribution is 5.98. The number of carbonyl (C=O) groups excluding carboxylic acids is 2. The van der Waals surface area contributed by atoms with Crippen molar-refractivity contribution in [3.05, 3.63) is 41.2 Å². The summed E-state index contributed by atoms with van der Waals surface area (Å²) in [5.41, 5.74) is 3.27. The maximum atomic E-state index is 13.0. The number of nitrogens with zero attached hydrogens (tertiary/aromatic N) is 4. The molecular formula is C18H21N5O3. The zero-order valence-corrected chi connectivity index (χ0v) is 14.8. The van der Waals surface area contributed by atoms with Gasteiger partial charge in [0, 0.05) is 51.1 Å². The van der Waals surface area contributed by atoms with Gasteiger partial charge in [-0.25, -0.2) is 0 Å². The van der Waals surface area contributed by atoms with E-state index in [1.54, 1.807) is 22.8 Å². The summed E-state index contributed by atoms with van der Waals surface area (Å²) in [5, 5.41) is 11.0. The molecule has 26 heavy (non-hydrogen) atoms. The van der Waals surface area contributed by atoms with Crippen molar-refractivity contribution in [1.82, 2.24) is 19.9 Å². The van der Waals surface area contributed by atoms with Crippen LogP contribution in [0.5, 0.6) is 0 Å². The van der Waals surface area contributed by atoms with Gasteiger partial charge in [0.25, 0.3) is 5.91 Å². The van der Waals surface area contributed by atoms with Crippen molar-refractivity contribution < 1.29 is 14.3 Å². The fourth-order valence-electron chi connectivity index (χ4n) is 3.70. The van der Waals surface area contributed by atoms with E-state index in [2.05, 4.69) is 15.6 Å². The number of methoxy groups -OCH3 is 1. The molecule has 0 spiro atoms. The molecule has 136 valence electrons. The van der Waals surface area contributed by atoms with Gasteiger partial charge < -0.3 is 15.0 Å². The molecule has 0 bridgehead atoms. The Balaban J connectivity index is 1.54. The third kappa shape index (κ3) is 2.96. The molecule has 2 atom stereocenters. The summed E-state index contributed by atoms with van der Waals surface area (Å²) in [6, 6.07) is 5.46. The minimum absolute atomic E-state index is 0.00886. The number of rotatable bonds is 3. The van der Waals surface area contributed by atoms with Gasteiger partial charge in [0.1, 0.15) is 0 Å². The molecule has 8 heteroatoms. The number of anilines is 1. The van der Waals surface area contributed by atoms with Crippen LogP contribution < -0.4 is 5.32 Å². The average molecular weight is 355 g/mol. The molecular weight excluding hydrogens is 334 g/mol. The predicted molar refractivity (Wildman–Crippen MR) is 93.8 cm³/mol. The van der Waals surface area contributed by atoms with Gasteiger partial charge in [0.15, 0.2) is 0 Å². The van der Waals surface area contributed by atoms with E-state index in [-0.39, 0.29) is 23.8 Å². The molecule has 1 aromatic carbocycles. The zero-order valence-electron chi connectivity index (χ0n) is 14.8. The van der Waals surface area contributed by atoms with Crippen LogP contribution >= 0.6 is 0 Å². The Hall–Kier alpha value is -2.74. The maximum absolute atomic E-state index is 13.0. The predicted octanol–water partition coefficient (Wildman–Crippen LogP) is 0.954. The molecule has 0 saturated carbocycles. The summed E-state index contributed by atoms with van der Waals surface area (Å²) in [6.07, 6.45) is 2.87. The molecule has 1 fully saturated rings. The third-order valence-electron chi connectivity index (χ3n) is 5.10. The number of nitrogens with one attached hydrogen (secondary N) is 1.